The fraction of sp³-hybridized carbons (Fsp3) is 0.364. The maximum absolute atomic E-state index is 11.8. The Morgan fingerprint density at radius 3 is 2.29 bits per heavy atom. The molecule has 0 fully saturated rings. The number of rotatable bonds is 5. The lowest BCUT2D eigenvalue weighted by Crippen LogP contribution is -2.33. The van der Waals surface area contributed by atoms with Gasteiger partial charge in [0.2, 0.25) is 10.0 Å². The number of alkyl halides is 1. The van der Waals surface area contributed by atoms with Crippen molar-refractivity contribution in [1.82, 2.24) is 4.72 Å². The van der Waals surface area contributed by atoms with Gasteiger partial charge in [-0.1, -0.05) is 12.1 Å². The zero-order valence-corrected chi connectivity index (χ0v) is 11.2. The Morgan fingerprint density at radius 2 is 1.88 bits per heavy atom. The molecular weight excluding hydrogens is 262 g/mol. The van der Waals surface area contributed by atoms with E-state index in [9.17, 15) is 13.2 Å². The summed E-state index contributed by atoms with van der Waals surface area (Å²) >= 11 is 5.54. The van der Waals surface area contributed by atoms with Crippen LogP contribution in [0.4, 0.5) is 0 Å². The summed E-state index contributed by atoms with van der Waals surface area (Å²) in [7, 11) is -3.56. The van der Waals surface area contributed by atoms with Crippen LogP contribution in [0, 0.1) is 0 Å². The van der Waals surface area contributed by atoms with E-state index in [-0.39, 0.29) is 22.6 Å². The molecule has 0 bridgehead atoms. The highest BCUT2D eigenvalue weighted by molar-refractivity contribution is 7.89. The third-order valence-corrected chi connectivity index (χ3v) is 4.23. The van der Waals surface area contributed by atoms with Crippen LogP contribution in [-0.4, -0.2) is 26.1 Å². The van der Waals surface area contributed by atoms with Gasteiger partial charge in [-0.25, -0.2) is 13.1 Å². The van der Waals surface area contributed by atoms with Crippen molar-refractivity contribution in [3.63, 3.8) is 0 Å². The van der Waals surface area contributed by atoms with E-state index in [2.05, 4.69) is 4.72 Å². The van der Waals surface area contributed by atoms with E-state index in [0.29, 0.717) is 5.56 Å². The number of carbonyl (C=O) groups excluding carboxylic acids is 1. The Labute approximate surface area is 106 Å². The van der Waals surface area contributed by atoms with Gasteiger partial charge in [0.05, 0.1) is 4.90 Å². The van der Waals surface area contributed by atoms with E-state index in [1.807, 2.05) is 0 Å². The molecule has 0 aliphatic carbocycles. The van der Waals surface area contributed by atoms with Crippen molar-refractivity contribution in [3.05, 3.63) is 29.8 Å². The molecule has 1 N–H and O–H groups in total. The van der Waals surface area contributed by atoms with E-state index in [0.717, 1.165) is 0 Å². The first kappa shape index (κ1) is 14.2. The van der Waals surface area contributed by atoms with Crippen LogP contribution < -0.4 is 4.72 Å². The molecule has 0 aliphatic rings. The van der Waals surface area contributed by atoms with Crippen molar-refractivity contribution in [2.45, 2.75) is 24.8 Å². The topological polar surface area (TPSA) is 63.2 Å². The molecular formula is C11H14ClNO3S. The summed E-state index contributed by atoms with van der Waals surface area (Å²) in [5.74, 6) is 0.0983. The Hall–Kier alpha value is -0.910. The first-order chi connectivity index (χ1) is 7.86. The van der Waals surface area contributed by atoms with Crippen LogP contribution >= 0.6 is 11.6 Å². The molecule has 0 aromatic heterocycles. The molecule has 0 spiro atoms. The zero-order chi connectivity index (χ0) is 13.1. The summed E-state index contributed by atoms with van der Waals surface area (Å²) in [6.45, 7) is 3.10. The molecule has 94 valence electrons. The number of hydrogen-bond donors (Lipinski definition) is 1. The highest BCUT2D eigenvalue weighted by Gasteiger charge is 2.16. The van der Waals surface area contributed by atoms with Gasteiger partial charge in [0.15, 0.2) is 5.78 Å². The molecule has 0 saturated heterocycles. The minimum Gasteiger partial charge on any atom is -0.295 e. The van der Waals surface area contributed by atoms with Gasteiger partial charge in [0.1, 0.15) is 0 Å². The second-order valence-electron chi connectivity index (χ2n) is 3.76. The molecule has 0 amide bonds. The normalized spacial score (nSPS) is 13.4. The predicted octanol–water partition coefficient (Wildman–Crippen LogP) is 1.79. The number of sulfonamides is 1. The smallest absolute Gasteiger partial charge is 0.240 e. The van der Waals surface area contributed by atoms with E-state index in [1.54, 1.807) is 6.92 Å². The summed E-state index contributed by atoms with van der Waals surface area (Å²) in [5.41, 5.74) is 0.481. The van der Waals surface area contributed by atoms with Crippen LogP contribution in [0.15, 0.2) is 29.2 Å². The van der Waals surface area contributed by atoms with Crippen LogP contribution in [0.1, 0.15) is 24.2 Å². The lowest BCUT2D eigenvalue weighted by Gasteiger charge is -2.11. The summed E-state index contributed by atoms with van der Waals surface area (Å²) in [6, 6.07) is 5.44. The number of benzene rings is 1. The number of hydrogen-bond acceptors (Lipinski definition) is 3. The van der Waals surface area contributed by atoms with E-state index >= 15 is 0 Å². The maximum Gasteiger partial charge on any atom is 0.240 e. The molecule has 4 nitrogen and oxygen atoms in total. The van der Waals surface area contributed by atoms with Crippen molar-refractivity contribution in [2.75, 3.05) is 5.88 Å². The molecule has 0 radical (unpaired) electrons. The van der Waals surface area contributed by atoms with Crippen LogP contribution in [0.5, 0.6) is 0 Å². The Morgan fingerprint density at radius 1 is 1.35 bits per heavy atom. The first-order valence-electron chi connectivity index (χ1n) is 5.06. The highest BCUT2D eigenvalue weighted by atomic mass is 35.5. The molecule has 0 aliphatic heterocycles. The van der Waals surface area contributed by atoms with Crippen LogP contribution in [0.2, 0.25) is 0 Å². The van der Waals surface area contributed by atoms with Crippen molar-refractivity contribution in [3.8, 4) is 0 Å². The molecule has 1 atom stereocenters. The summed E-state index contributed by atoms with van der Waals surface area (Å²) in [6.07, 6.45) is 0. The van der Waals surface area contributed by atoms with Gasteiger partial charge in [0.25, 0.3) is 0 Å². The van der Waals surface area contributed by atoms with Crippen LogP contribution in [-0.2, 0) is 10.0 Å². The monoisotopic (exact) mass is 275 g/mol. The van der Waals surface area contributed by atoms with Gasteiger partial charge in [-0.2, -0.15) is 0 Å². The average Bonchev–Trinajstić information content (AvgIpc) is 2.28. The second kappa shape index (κ2) is 5.62. The van der Waals surface area contributed by atoms with Crippen molar-refractivity contribution >= 4 is 27.4 Å². The van der Waals surface area contributed by atoms with Gasteiger partial charge >= 0.3 is 0 Å². The van der Waals surface area contributed by atoms with E-state index < -0.39 is 10.0 Å². The van der Waals surface area contributed by atoms with E-state index in [4.69, 9.17) is 11.6 Å². The van der Waals surface area contributed by atoms with Crippen molar-refractivity contribution in [2.24, 2.45) is 0 Å². The van der Waals surface area contributed by atoms with Crippen molar-refractivity contribution in [1.29, 1.82) is 0 Å². The molecule has 6 heteroatoms. The van der Waals surface area contributed by atoms with Gasteiger partial charge in [-0.3, -0.25) is 4.79 Å². The minimum atomic E-state index is -3.56. The fourth-order valence-corrected chi connectivity index (χ4v) is 2.65. The third-order valence-electron chi connectivity index (χ3n) is 2.16. The minimum absolute atomic E-state index is 0.101. The highest BCUT2D eigenvalue weighted by Crippen LogP contribution is 2.11. The standard InChI is InChI=1S/C11H14ClNO3S/c1-8(7-12)13-17(15,16)11-5-3-10(4-6-11)9(2)14/h3-6,8,13H,7H2,1-2H3. The molecule has 1 aromatic carbocycles. The average molecular weight is 276 g/mol. The lowest BCUT2D eigenvalue weighted by molar-refractivity contribution is 0.101. The molecule has 17 heavy (non-hydrogen) atoms. The number of carbonyl (C=O) groups is 1. The third kappa shape index (κ3) is 3.80. The van der Waals surface area contributed by atoms with Crippen molar-refractivity contribution < 1.29 is 13.2 Å². The largest absolute Gasteiger partial charge is 0.295 e. The van der Waals surface area contributed by atoms with Crippen LogP contribution in [0.25, 0.3) is 0 Å². The Balaban J connectivity index is 2.96. The molecule has 0 heterocycles. The zero-order valence-electron chi connectivity index (χ0n) is 9.60. The lowest BCUT2D eigenvalue weighted by atomic mass is 10.2. The van der Waals surface area contributed by atoms with E-state index in [1.165, 1.54) is 31.2 Å². The first-order valence-corrected chi connectivity index (χ1v) is 7.08. The van der Waals surface area contributed by atoms with Gasteiger partial charge < -0.3 is 0 Å². The number of ketones is 1. The number of nitrogens with one attached hydrogen (secondary N) is 1. The van der Waals surface area contributed by atoms with Gasteiger partial charge in [0, 0.05) is 17.5 Å². The fourth-order valence-electron chi connectivity index (χ4n) is 1.23. The van der Waals surface area contributed by atoms with Gasteiger partial charge in [-0.05, 0) is 26.0 Å². The Kier molecular flexibility index (Phi) is 4.68. The molecule has 0 saturated carbocycles. The predicted molar refractivity (Wildman–Crippen MR) is 67.0 cm³/mol. The summed E-state index contributed by atoms with van der Waals surface area (Å²) in [4.78, 5) is 11.2. The SMILES string of the molecule is CC(=O)c1ccc(S(=O)(=O)NC(C)CCl)cc1. The van der Waals surface area contributed by atoms with Gasteiger partial charge in [-0.15, -0.1) is 11.6 Å². The Bertz CT molecular complexity index is 496. The summed E-state index contributed by atoms with van der Waals surface area (Å²) in [5, 5.41) is 0. The summed E-state index contributed by atoms with van der Waals surface area (Å²) < 4.78 is 26.1. The maximum atomic E-state index is 11.8. The second-order valence-corrected chi connectivity index (χ2v) is 5.78. The molecule has 1 unspecified atom stereocenters. The molecule has 1 aromatic rings. The number of Topliss-reactive ketones (excluding diaryl/α,β-unsaturated/α-hetero) is 1. The number of halogens is 1. The quantitative estimate of drug-likeness (QED) is 0.658. The van der Waals surface area contributed by atoms with Crippen LogP contribution in [0.3, 0.4) is 0 Å². The molecule has 1 rings (SSSR count).